The van der Waals surface area contributed by atoms with Crippen molar-refractivity contribution in [2.75, 3.05) is 5.32 Å². The molecule has 0 aliphatic rings. The van der Waals surface area contributed by atoms with Gasteiger partial charge in [-0.25, -0.2) is 13.6 Å². The Kier molecular flexibility index (Phi) is 4.97. The molecule has 0 fully saturated rings. The predicted octanol–water partition coefficient (Wildman–Crippen LogP) is 2.64. The van der Waals surface area contributed by atoms with E-state index < -0.39 is 10.0 Å². The van der Waals surface area contributed by atoms with Crippen molar-refractivity contribution in [2.24, 2.45) is 5.14 Å². The van der Waals surface area contributed by atoms with Crippen LogP contribution in [0.2, 0.25) is 5.02 Å². The molecule has 5 nitrogen and oxygen atoms in total. The summed E-state index contributed by atoms with van der Waals surface area (Å²) in [5.41, 5.74) is 1.26. The fourth-order valence-corrected chi connectivity index (χ4v) is 2.41. The Morgan fingerprint density at radius 3 is 2.41 bits per heavy atom. The Labute approximate surface area is 133 Å². The van der Waals surface area contributed by atoms with Gasteiger partial charge in [-0.2, -0.15) is 0 Å². The summed E-state index contributed by atoms with van der Waals surface area (Å²) in [6.07, 6.45) is 2.99. The molecule has 0 saturated carbocycles. The third-order valence-corrected chi connectivity index (χ3v) is 3.89. The van der Waals surface area contributed by atoms with Gasteiger partial charge in [-0.3, -0.25) is 4.79 Å². The highest BCUT2D eigenvalue weighted by molar-refractivity contribution is 7.89. The SMILES string of the molecule is NS(=O)(=O)c1ccc(NC(=O)C=Cc2cccc(Cl)c2)cc1. The van der Waals surface area contributed by atoms with Crippen LogP contribution in [-0.2, 0) is 14.8 Å². The first kappa shape index (κ1) is 16.2. The van der Waals surface area contributed by atoms with E-state index in [0.717, 1.165) is 5.56 Å². The highest BCUT2D eigenvalue weighted by Gasteiger charge is 2.07. The number of hydrogen-bond acceptors (Lipinski definition) is 3. The number of carbonyl (C=O) groups is 1. The van der Waals surface area contributed by atoms with Crippen LogP contribution in [0, 0.1) is 0 Å². The van der Waals surface area contributed by atoms with Gasteiger partial charge in [-0.1, -0.05) is 23.7 Å². The van der Waals surface area contributed by atoms with Crippen LogP contribution < -0.4 is 10.5 Å². The Morgan fingerprint density at radius 1 is 1.14 bits per heavy atom. The first-order chi connectivity index (χ1) is 10.3. The molecule has 0 heterocycles. The molecule has 1 amide bonds. The van der Waals surface area contributed by atoms with E-state index in [1.807, 2.05) is 6.07 Å². The van der Waals surface area contributed by atoms with Gasteiger partial charge in [-0.05, 0) is 48.0 Å². The van der Waals surface area contributed by atoms with Gasteiger partial charge in [0.25, 0.3) is 0 Å². The summed E-state index contributed by atoms with van der Waals surface area (Å²) in [6, 6.07) is 12.6. The van der Waals surface area contributed by atoms with Crippen molar-refractivity contribution in [3.8, 4) is 0 Å². The number of benzene rings is 2. The first-order valence-corrected chi connectivity index (χ1v) is 8.14. The van der Waals surface area contributed by atoms with Crippen molar-refractivity contribution in [3.63, 3.8) is 0 Å². The lowest BCUT2D eigenvalue weighted by Crippen LogP contribution is -2.12. The lowest BCUT2D eigenvalue weighted by atomic mass is 10.2. The summed E-state index contributed by atoms with van der Waals surface area (Å²) in [7, 11) is -3.74. The van der Waals surface area contributed by atoms with Crippen molar-refractivity contribution in [1.82, 2.24) is 0 Å². The zero-order chi connectivity index (χ0) is 16.2. The van der Waals surface area contributed by atoms with Crippen molar-refractivity contribution >= 4 is 39.3 Å². The number of rotatable bonds is 4. The van der Waals surface area contributed by atoms with E-state index in [9.17, 15) is 13.2 Å². The number of primary sulfonamides is 1. The Morgan fingerprint density at radius 2 is 1.82 bits per heavy atom. The molecule has 0 bridgehead atoms. The lowest BCUT2D eigenvalue weighted by Gasteiger charge is -2.03. The molecule has 0 aliphatic heterocycles. The first-order valence-electron chi connectivity index (χ1n) is 6.22. The molecule has 0 unspecified atom stereocenters. The van der Waals surface area contributed by atoms with E-state index in [4.69, 9.17) is 16.7 Å². The average molecular weight is 337 g/mol. The fourth-order valence-electron chi connectivity index (χ4n) is 1.69. The quantitative estimate of drug-likeness (QED) is 0.841. The molecule has 114 valence electrons. The molecule has 22 heavy (non-hydrogen) atoms. The van der Waals surface area contributed by atoms with Gasteiger partial charge in [0.15, 0.2) is 0 Å². The van der Waals surface area contributed by atoms with Crippen molar-refractivity contribution in [2.45, 2.75) is 4.90 Å². The highest BCUT2D eigenvalue weighted by Crippen LogP contribution is 2.14. The maximum atomic E-state index is 11.8. The monoisotopic (exact) mass is 336 g/mol. The molecule has 0 aliphatic carbocycles. The smallest absolute Gasteiger partial charge is 0.248 e. The molecule has 0 spiro atoms. The standard InChI is InChI=1S/C15H13ClN2O3S/c16-12-3-1-2-11(10-12)4-9-15(19)18-13-5-7-14(8-6-13)22(17,20)21/h1-10H,(H,18,19)(H2,17,20,21). The van der Waals surface area contributed by atoms with Crippen LogP contribution >= 0.6 is 11.6 Å². The zero-order valence-corrected chi connectivity index (χ0v) is 12.9. The van der Waals surface area contributed by atoms with Crippen molar-refractivity contribution < 1.29 is 13.2 Å². The second-order valence-corrected chi connectivity index (χ2v) is 6.44. The van der Waals surface area contributed by atoms with E-state index >= 15 is 0 Å². The van der Waals surface area contributed by atoms with Crippen LogP contribution in [0.4, 0.5) is 5.69 Å². The lowest BCUT2D eigenvalue weighted by molar-refractivity contribution is -0.111. The zero-order valence-electron chi connectivity index (χ0n) is 11.4. The summed E-state index contributed by atoms with van der Waals surface area (Å²) < 4.78 is 22.2. The largest absolute Gasteiger partial charge is 0.323 e. The van der Waals surface area contributed by atoms with Crippen molar-refractivity contribution in [1.29, 1.82) is 0 Å². The maximum Gasteiger partial charge on any atom is 0.248 e. The summed E-state index contributed by atoms with van der Waals surface area (Å²) in [5, 5.41) is 8.19. The third kappa shape index (κ3) is 4.70. The van der Waals surface area contributed by atoms with E-state index in [0.29, 0.717) is 10.7 Å². The number of hydrogen-bond donors (Lipinski definition) is 2. The molecular weight excluding hydrogens is 324 g/mol. The van der Waals surface area contributed by atoms with E-state index in [-0.39, 0.29) is 10.8 Å². The van der Waals surface area contributed by atoms with Gasteiger partial charge in [0.1, 0.15) is 0 Å². The molecule has 2 aromatic carbocycles. The van der Waals surface area contributed by atoms with Gasteiger partial charge < -0.3 is 5.32 Å². The highest BCUT2D eigenvalue weighted by atomic mass is 35.5. The Hall–Kier alpha value is -2.15. The van der Waals surface area contributed by atoms with Crippen LogP contribution in [0.3, 0.4) is 0 Å². The average Bonchev–Trinajstić information content (AvgIpc) is 2.45. The van der Waals surface area contributed by atoms with Crippen LogP contribution in [0.5, 0.6) is 0 Å². The van der Waals surface area contributed by atoms with Gasteiger partial charge in [-0.15, -0.1) is 0 Å². The summed E-state index contributed by atoms with van der Waals surface area (Å²) in [6.45, 7) is 0. The molecule has 0 radical (unpaired) electrons. The topological polar surface area (TPSA) is 89.3 Å². The van der Waals surface area contributed by atoms with Gasteiger partial charge in [0, 0.05) is 16.8 Å². The molecule has 0 atom stereocenters. The Balaban J connectivity index is 2.03. The van der Waals surface area contributed by atoms with E-state index in [1.54, 1.807) is 24.3 Å². The normalized spacial score (nSPS) is 11.5. The van der Waals surface area contributed by atoms with Gasteiger partial charge in [0.2, 0.25) is 15.9 Å². The predicted molar refractivity (Wildman–Crippen MR) is 86.9 cm³/mol. The number of sulfonamides is 1. The van der Waals surface area contributed by atoms with Crippen LogP contribution in [-0.4, -0.2) is 14.3 Å². The molecule has 3 N–H and O–H groups in total. The third-order valence-electron chi connectivity index (χ3n) is 2.73. The van der Waals surface area contributed by atoms with E-state index in [2.05, 4.69) is 5.32 Å². The molecule has 7 heteroatoms. The molecule has 2 rings (SSSR count). The summed E-state index contributed by atoms with van der Waals surface area (Å²) >= 11 is 5.85. The minimum Gasteiger partial charge on any atom is -0.323 e. The number of carbonyl (C=O) groups excluding carboxylic acids is 1. The molecule has 2 aromatic rings. The fraction of sp³-hybridized carbons (Fsp3) is 0. The molecular formula is C15H13ClN2O3S. The van der Waals surface area contributed by atoms with Gasteiger partial charge >= 0.3 is 0 Å². The summed E-state index contributed by atoms with van der Waals surface area (Å²) in [4.78, 5) is 11.8. The molecule has 0 aromatic heterocycles. The minimum atomic E-state index is -3.74. The number of anilines is 1. The van der Waals surface area contributed by atoms with E-state index in [1.165, 1.54) is 30.3 Å². The van der Waals surface area contributed by atoms with Crippen LogP contribution in [0.15, 0.2) is 59.5 Å². The minimum absolute atomic E-state index is 0.0139. The second-order valence-electron chi connectivity index (χ2n) is 4.45. The van der Waals surface area contributed by atoms with Crippen LogP contribution in [0.1, 0.15) is 5.56 Å². The van der Waals surface area contributed by atoms with Crippen molar-refractivity contribution in [3.05, 3.63) is 65.2 Å². The number of halogens is 1. The summed E-state index contributed by atoms with van der Waals surface area (Å²) in [5.74, 6) is -0.344. The number of nitrogens with one attached hydrogen (secondary N) is 1. The van der Waals surface area contributed by atoms with Crippen LogP contribution in [0.25, 0.3) is 6.08 Å². The molecule has 0 saturated heterocycles. The number of amides is 1. The second kappa shape index (κ2) is 6.74. The Bertz CT molecular complexity index is 815. The maximum absolute atomic E-state index is 11.8. The van der Waals surface area contributed by atoms with Gasteiger partial charge in [0.05, 0.1) is 4.90 Å². The number of nitrogens with two attached hydrogens (primary N) is 1.